The molecule has 4 unspecified atom stereocenters. The molecule has 0 aliphatic carbocycles. The van der Waals surface area contributed by atoms with Crippen molar-refractivity contribution in [2.45, 2.75) is 150 Å². The Hall–Kier alpha value is -0.586. The SMILES string of the molecule is CCCCCC(C[Si](C)(O)CCCS)(c1ccc(SCC)cc1)c1cccc(C(CCCCC)(C[Si](C)(O)CCCS)c2ccc(SCC)cc2)c1. The number of thiol groups is 2. The van der Waals surface area contributed by atoms with E-state index in [1.54, 1.807) is 0 Å². The Morgan fingerprint density at radius 3 is 1.25 bits per heavy atom. The molecule has 3 aromatic carbocycles. The monoisotopic (exact) mass is 814 g/mol. The van der Waals surface area contributed by atoms with Crippen LogP contribution in [0.15, 0.2) is 82.6 Å². The lowest BCUT2D eigenvalue weighted by atomic mass is 9.68. The number of rotatable bonds is 26. The lowest BCUT2D eigenvalue weighted by Gasteiger charge is -2.43. The maximum atomic E-state index is 12.3. The van der Waals surface area contributed by atoms with Crippen molar-refractivity contribution in [1.82, 2.24) is 0 Å². The maximum Gasteiger partial charge on any atom is 0.186 e. The van der Waals surface area contributed by atoms with Crippen LogP contribution in [0.5, 0.6) is 0 Å². The molecule has 2 N–H and O–H groups in total. The molecule has 0 aromatic heterocycles. The van der Waals surface area contributed by atoms with E-state index in [2.05, 4.69) is 139 Å². The molecule has 4 atom stereocenters. The van der Waals surface area contributed by atoms with E-state index in [0.717, 1.165) is 98.6 Å². The van der Waals surface area contributed by atoms with Crippen LogP contribution in [0.1, 0.15) is 114 Å². The predicted octanol–water partition coefficient (Wildman–Crippen LogP) is 13.4. The minimum Gasteiger partial charge on any atom is -0.432 e. The number of benzene rings is 3. The van der Waals surface area contributed by atoms with Crippen LogP contribution in [0.3, 0.4) is 0 Å². The van der Waals surface area contributed by atoms with E-state index in [1.807, 2.05) is 23.5 Å². The van der Waals surface area contributed by atoms with Gasteiger partial charge in [-0.2, -0.15) is 25.3 Å². The van der Waals surface area contributed by atoms with Gasteiger partial charge in [-0.25, -0.2) is 0 Å². The van der Waals surface area contributed by atoms with Gasteiger partial charge in [0.25, 0.3) is 0 Å². The first-order valence-corrected chi connectivity index (χ1v) is 29.1. The summed E-state index contributed by atoms with van der Waals surface area (Å²) in [6, 6.07) is 31.6. The zero-order chi connectivity index (χ0) is 38.1. The van der Waals surface area contributed by atoms with Crippen LogP contribution in [-0.2, 0) is 10.8 Å². The molecule has 0 saturated carbocycles. The number of hydrogen-bond donors (Lipinski definition) is 4. The Balaban J connectivity index is 2.39. The number of hydrogen-bond acceptors (Lipinski definition) is 6. The highest BCUT2D eigenvalue weighted by molar-refractivity contribution is 7.99. The van der Waals surface area contributed by atoms with Gasteiger partial charge in [-0.15, -0.1) is 23.5 Å². The second-order valence-corrected chi connectivity index (χ2v) is 26.8. The largest absolute Gasteiger partial charge is 0.432 e. The summed E-state index contributed by atoms with van der Waals surface area (Å²) in [6.07, 6.45) is 10.8. The van der Waals surface area contributed by atoms with E-state index in [1.165, 1.54) is 44.9 Å². The zero-order valence-corrected chi connectivity index (χ0v) is 38.7. The average Bonchev–Trinajstić information content (AvgIpc) is 3.13. The summed E-state index contributed by atoms with van der Waals surface area (Å²) in [5.41, 5.74) is 4.68. The van der Waals surface area contributed by atoms with Crippen LogP contribution >= 0.6 is 48.8 Å². The smallest absolute Gasteiger partial charge is 0.186 e. The molecule has 8 heteroatoms. The second-order valence-electron chi connectivity index (χ2n) is 15.6. The van der Waals surface area contributed by atoms with Gasteiger partial charge in [0.05, 0.1) is 0 Å². The van der Waals surface area contributed by atoms with Gasteiger partial charge < -0.3 is 9.59 Å². The van der Waals surface area contributed by atoms with E-state index >= 15 is 0 Å². The van der Waals surface area contributed by atoms with Crippen molar-refractivity contribution in [3.63, 3.8) is 0 Å². The fraction of sp³-hybridized carbons (Fsp3) is 0.591. The Morgan fingerprint density at radius 1 is 0.538 bits per heavy atom. The zero-order valence-electron chi connectivity index (χ0n) is 33.3. The van der Waals surface area contributed by atoms with Crippen molar-refractivity contribution >= 4 is 65.4 Å². The van der Waals surface area contributed by atoms with Crippen LogP contribution < -0.4 is 0 Å². The molecule has 0 saturated heterocycles. The molecule has 0 spiro atoms. The molecule has 0 aliphatic heterocycles. The molecule has 0 amide bonds. The lowest BCUT2D eigenvalue weighted by molar-refractivity contribution is 0.431. The third-order valence-corrected chi connectivity index (χ3v) is 18.9. The molecule has 0 aliphatic rings. The molecule has 0 fully saturated rings. The third kappa shape index (κ3) is 13.3. The first kappa shape index (κ1) is 45.8. The Bertz CT molecular complexity index is 1330. The van der Waals surface area contributed by atoms with Crippen molar-refractivity contribution in [3.8, 4) is 0 Å². The Kier molecular flexibility index (Phi) is 20.1. The fourth-order valence-electron chi connectivity index (χ4n) is 8.43. The first-order valence-electron chi connectivity index (χ1n) is 20.2. The van der Waals surface area contributed by atoms with Crippen molar-refractivity contribution in [2.75, 3.05) is 23.0 Å². The molecule has 0 radical (unpaired) electrons. The van der Waals surface area contributed by atoms with E-state index in [-0.39, 0.29) is 10.8 Å². The average molecular weight is 815 g/mol. The van der Waals surface area contributed by atoms with Crippen LogP contribution in [0.2, 0.25) is 37.3 Å². The van der Waals surface area contributed by atoms with Crippen LogP contribution in [-0.4, -0.2) is 49.2 Å². The molecular formula is C44H70O2S4Si2. The van der Waals surface area contributed by atoms with E-state index in [0.29, 0.717) is 0 Å². The molecule has 0 bridgehead atoms. The van der Waals surface area contributed by atoms with Crippen molar-refractivity contribution in [3.05, 3.63) is 95.1 Å². The second kappa shape index (κ2) is 22.8. The molecule has 2 nitrogen and oxygen atoms in total. The molecule has 3 rings (SSSR count). The minimum atomic E-state index is -2.63. The summed E-state index contributed by atoms with van der Waals surface area (Å²) < 4.78 is 0. The normalized spacial score (nSPS) is 16.5. The van der Waals surface area contributed by atoms with Crippen LogP contribution in [0.25, 0.3) is 0 Å². The van der Waals surface area contributed by atoms with Crippen molar-refractivity contribution < 1.29 is 9.59 Å². The Morgan fingerprint density at radius 2 is 0.923 bits per heavy atom. The van der Waals surface area contributed by atoms with E-state index in [4.69, 9.17) is 0 Å². The summed E-state index contributed by atoms with van der Waals surface area (Å²) in [5, 5.41) is 0. The summed E-state index contributed by atoms with van der Waals surface area (Å²) in [4.78, 5) is 27.2. The van der Waals surface area contributed by atoms with E-state index < -0.39 is 16.6 Å². The Labute approximate surface area is 340 Å². The maximum absolute atomic E-state index is 12.3. The highest BCUT2D eigenvalue weighted by Crippen LogP contribution is 2.49. The summed E-state index contributed by atoms with van der Waals surface area (Å²) in [7, 11) is -5.26. The summed E-state index contributed by atoms with van der Waals surface area (Å²) >= 11 is 12.9. The summed E-state index contributed by atoms with van der Waals surface area (Å²) in [5.74, 6) is 3.70. The molecular weight excluding hydrogens is 745 g/mol. The summed E-state index contributed by atoms with van der Waals surface area (Å²) in [6.45, 7) is 13.4. The standard InChI is InChI=1S/C44H70O2S4Si2/c1-7-11-13-28-43(35-51(5,45)32-16-30-47,37-20-24-41(25-21-37)49-9-3)39-18-15-19-40(34-39)44(29-14-12-8-2,36-52(6,46)33-17-31-48)38-22-26-42(27-23-38)50-10-4/h15,18-27,34,45-48H,7-14,16-17,28-33,35-36H2,1-6H3. The van der Waals surface area contributed by atoms with Gasteiger partial charge in [0.2, 0.25) is 0 Å². The molecule has 3 aromatic rings. The topological polar surface area (TPSA) is 40.5 Å². The predicted molar refractivity (Wildman–Crippen MR) is 246 cm³/mol. The van der Waals surface area contributed by atoms with Gasteiger partial charge >= 0.3 is 0 Å². The van der Waals surface area contributed by atoms with Gasteiger partial charge in [-0.3, -0.25) is 0 Å². The van der Waals surface area contributed by atoms with Gasteiger partial charge in [0.15, 0.2) is 16.6 Å². The molecule has 0 heterocycles. The number of unbranched alkanes of at least 4 members (excludes halogenated alkanes) is 4. The van der Waals surface area contributed by atoms with Crippen LogP contribution in [0.4, 0.5) is 0 Å². The highest BCUT2D eigenvalue weighted by Gasteiger charge is 2.45. The fourth-order valence-corrected chi connectivity index (χ4v) is 16.7. The van der Waals surface area contributed by atoms with Gasteiger partial charge in [-0.05, 0) is 132 Å². The number of thioether (sulfide) groups is 2. The van der Waals surface area contributed by atoms with Crippen molar-refractivity contribution in [1.29, 1.82) is 0 Å². The van der Waals surface area contributed by atoms with Gasteiger partial charge in [-0.1, -0.05) is 115 Å². The van der Waals surface area contributed by atoms with Crippen molar-refractivity contribution in [2.24, 2.45) is 0 Å². The quantitative estimate of drug-likeness (QED) is 0.0282. The highest BCUT2D eigenvalue weighted by atomic mass is 32.2. The van der Waals surface area contributed by atoms with E-state index in [9.17, 15) is 9.59 Å². The van der Waals surface area contributed by atoms with Gasteiger partial charge in [0, 0.05) is 20.6 Å². The minimum absolute atomic E-state index is 0.310. The molecule has 52 heavy (non-hydrogen) atoms. The van der Waals surface area contributed by atoms with Gasteiger partial charge in [0.1, 0.15) is 0 Å². The lowest BCUT2D eigenvalue weighted by Crippen LogP contribution is -2.43. The third-order valence-electron chi connectivity index (χ3n) is 10.9. The van der Waals surface area contributed by atoms with Crippen LogP contribution in [0, 0.1) is 0 Å². The molecule has 290 valence electrons. The first-order chi connectivity index (χ1) is 24.9.